The van der Waals surface area contributed by atoms with Gasteiger partial charge in [-0.1, -0.05) is 0 Å². The molecule has 1 aliphatic rings. The number of nitrogens with zero attached hydrogens (tertiary/aromatic N) is 2. The van der Waals surface area contributed by atoms with Crippen molar-refractivity contribution in [3.8, 4) is 17.0 Å². The molecule has 0 saturated carbocycles. The third-order valence-corrected chi connectivity index (χ3v) is 3.75. The highest BCUT2D eigenvalue weighted by Gasteiger charge is 2.20. The monoisotopic (exact) mass is 258 g/mol. The van der Waals surface area contributed by atoms with Crippen LogP contribution >= 0.6 is 0 Å². The molecule has 0 spiro atoms. The number of methoxy groups -OCH3 is 1. The van der Waals surface area contributed by atoms with Crippen molar-refractivity contribution in [3.63, 3.8) is 0 Å². The zero-order chi connectivity index (χ0) is 13.2. The van der Waals surface area contributed by atoms with Crippen molar-refractivity contribution in [2.24, 2.45) is 5.92 Å². The molecular weight excluding hydrogens is 240 g/mol. The highest BCUT2D eigenvalue weighted by Crippen LogP contribution is 2.26. The molecule has 1 unspecified atom stereocenters. The molecule has 2 heterocycles. The number of fused-ring (bicyclic) bond motifs is 1. The number of aliphatic hydroxyl groups excluding tert-OH is 1. The molecule has 4 heteroatoms. The van der Waals surface area contributed by atoms with Crippen LogP contribution in [0.15, 0.2) is 30.5 Å². The molecule has 0 amide bonds. The van der Waals surface area contributed by atoms with Gasteiger partial charge in [0, 0.05) is 31.3 Å². The van der Waals surface area contributed by atoms with E-state index in [9.17, 15) is 5.11 Å². The lowest BCUT2D eigenvalue weighted by Crippen LogP contribution is -2.21. The van der Waals surface area contributed by atoms with Gasteiger partial charge in [-0.05, 0) is 36.6 Å². The maximum atomic E-state index is 9.25. The molecule has 19 heavy (non-hydrogen) atoms. The summed E-state index contributed by atoms with van der Waals surface area (Å²) in [5.41, 5.74) is 2.10. The third-order valence-electron chi connectivity index (χ3n) is 3.75. The zero-order valence-corrected chi connectivity index (χ0v) is 11.0. The number of hydrogen-bond acceptors (Lipinski definition) is 3. The fraction of sp³-hybridized carbons (Fsp3) is 0.400. The van der Waals surface area contributed by atoms with E-state index in [1.807, 2.05) is 24.3 Å². The fourth-order valence-electron chi connectivity index (χ4n) is 2.55. The number of aliphatic hydroxyl groups is 1. The Labute approximate surface area is 112 Å². The number of hydrogen-bond donors (Lipinski definition) is 1. The number of benzene rings is 1. The largest absolute Gasteiger partial charge is 0.497 e. The van der Waals surface area contributed by atoms with Crippen LogP contribution in [-0.2, 0) is 13.0 Å². The molecule has 0 bridgehead atoms. The summed E-state index contributed by atoms with van der Waals surface area (Å²) < 4.78 is 7.36. The Bertz CT molecular complexity index is 560. The molecule has 1 N–H and O–H groups in total. The first-order valence-electron chi connectivity index (χ1n) is 6.61. The molecule has 1 aromatic heterocycles. The molecule has 0 aliphatic carbocycles. The van der Waals surface area contributed by atoms with Gasteiger partial charge in [0.25, 0.3) is 0 Å². The first-order valence-corrected chi connectivity index (χ1v) is 6.61. The molecule has 100 valence electrons. The van der Waals surface area contributed by atoms with Crippen molar-refractivity contribution in [2.45, 2.75) is 19.4 Å². The van der Waals surface area contributed by atoms with E-state index in [0.717, 1.165) is 42.2 Å². The van der Waals surface area contributed by atoms with Crippen LogP contribution in [0, 0.1) is 5.92 Å². The Morgan fingerprint density at radius 3 is 2.84 bits per heavy atom. The van der Waals surface area contributed by atoms with E-state index in [1.165, 1.54) is 0 Å². The van der Waals surface area contributed by atoms with Gasteiger partial charge < -0.3 is 14.4 Å². The minimum Gasteiger partial charge on any atom is -0.497 e. The Hall–Kier alpha value is -1.81. The molecule has 4 nitrogen and oxygen atoms in total. The molecule has 2 aromatic rings. The topological polar surface area (TPSA) is 47.3 Å². The van der Waals surface area contributed by atoms with Gasteiger partial charge in [-0.2, -0.15) is 0 Å². The van der Waals surface area contributed by atoms with Gasteiger partial charge in [0.05, 0.1) is 12.8 Å². The third kappa shape index (κ3) is 2.36. The number of aryl methyl sites for hydroxylation is 1. The van der Waals surface area contributed by atoms with Crippen molar-refractivity contribution in [1.29, 1.82) is 0 Å². The number of imidazole rings is 1. The summed E-state index contributed by atoms with van der Waals surface area (Å²) in [6.07, 6.45) is 4.00. The first kappa shape index (κ1) is 12.2. The van der Waals surface area contributed by atoms with Crippen LogP contribution in [0.5, 0.6) is 5.75 Å². The van der Waals surface area contributed by atoms with Gasteiger partial charge >= 0.3 is 0 Å². The Morgan fingerprint density at radius 2 is 2.16 bits per heavy atom. The molecule has 1 atom stereocenters. The van der Waals surface area contributed by atoms with E-state index in [2.05, 4.69) is 15.7 Å². The van der Waals surface area contributed by atoms with Crippen molar-refractivity contribution in [3.05, 3.63) is 36.3 Å². The second-order valence-corrected chi connectivity index (χ2v) is 5.01. The van der Waals surface area contributed by atoms with Crippen LogP contribution in [0.4, 0.5) is 0 Å². The minimum atomic E-state index is 0.255. The Balaban J connectivity index is 1.88. The van der Waals surface area contributed by atoms with E-state index < -0.39 is 0 Å². The maximum absolute atomic E-state index is 9.25. The van der Waals surface area contributed by atoms with Crippen LogP contribution in [0.1, 0.15) is 12.2 Å². The van der Waals surface area contributed by atoms with Gasteiger partial charge in [-0.3, -0.25) is 0 Å². The van der Waals surface area contributed by atoms with Crippen LogP contribution in [0.2, 0.25) is 0 Å². The van der Waals surface area contributed by atoms with E-state index in [1.54, 1.807) is 7.11 Å². The van der Waals surface area contributed by atoms with Crippen LogP contribution in [0.3, 0.4) is 0 Å². The van der Waals surface area contributed by atoms with Gasteiger partial charge in [0.15, 0.2) is 0 Å². The van der Waals surface area contributed by atoms with Gasteiger partial charge in [0.1, 0.15) is 11.6 Å². The number of rotatable bonds is 3. The van der Waals surface area contributed by atoms with E-state index >= 15 is 0 Å². The second-order valence-electron chi connectivity index (χ2n) is 5.01. The fourth-order valence-corrected chi connectivity index (χ4v) is 2.55. The molecule has 3 rings (SSSR count). The summed E-state index contributed by atoms with van der Waals surface area (Å²) >= 11 is 0. The lowest BCUT2D eigenvalue weighted by atomic mass is 9.99. The molecule has 1 aliphatic heterocycles. The highest BCUT2D eigenvalue weighted by atomic mass is 16.5. The van der Waals surface area contributed by atoms with Crippen molar-refractivity contribution >= 4 is 0 Å². The average molecular weight is 258 g/mol. The van der Waals surface area contributed by atoms with E-state index in [-0.39, 0.29) is 6.61 Å². The summed E-state index contributed by atoms with van der Waals surface area (Å²) in [7, 11) is 1.67. The quantitative estimate of drug-likeness (QED) is 0.917. The van der Waals surface area contributed by atoms with E-state index in [0.29, 0.717) is 5.92 Å². The minimum absolute atomic E-state index is 0.255. The smallest absolute Gasteiger partial charge is 0.118 e. The molecule has 0 fully saturated rings. The summed E-state index contributed by atoms with van der Waals surface area (Å²) in [4.78, 5) is 4.69. The average Bonchev–Trinajstić information content (AvgIpc) is 2.90. The molecule has 0 radical (unpaired) electrons. The lowest BCUT2D eigenvalue weighted by Gasteiger charge is -2.20. The predicted molar refractivity (Wildman–Crippen MR) is 73.1 cm³/mol. The van der Waals surface area contributed by atoms with Gasteiger partial charge in [-0.25, -0.2) is 4.98 Å². The summed E-state index contributed by atoms with van der Waals surface area (Å²) in [6, 6.07) is 7.95. The Morgan fingerprint density at radius 1 is 1.37 bits per heavy atom. The molecule has 0 saturated heterocycles. The van der Waals surface area contributed by atoms with Gasteiger partial charge in [-0.15, -0.1) is 0 Å². The predicted octanol–water partition coefficient (Wildman–Crippen LogP) is 2.11. The summed E-state index contributed by atoms with van der Waals surface area (Å²) in [5, 5.41) is 9.25. The number of aromatic nitrogens is 2. The van der Waals surface area contributed by atoms with Crippen molar-refractivity contribution < 1.29 is 9.84 Å². The van der Waals surface area contributed by atoms with Crippen LogP contribution < -0.4 is 4.74 Å². The zero-order valence-electron chi connectivity index (χ0n) is 11.0. The van der Waals surface area contributed by atoms with Crippen molar-refractivity contribution in [2.75, 3.05) is 13.7 Å². The molecule has 1 aromatic carbocycles. The first-order chi connectivity index (χ1) is 9.30. The van der Waals surface area contributed by atoms with Crippen molar-refractivity contribution in [1.82, 2.24) is 9.55 Å². The highest BCUT2D eigenvalue weighted by molar-refractivity contribution is 5.59. The SMILES string of the molecule is COc1ccc(-c2cn3c(n2)CC(CO)CC3)cc1. The summed E-state index contributed by atoms with van der Waals surface area (Å²) in [5.74, 6) is 2.29. The van der Waals surface area contributed by atoms with Crippen LogP contribution in [0.25, 0.3) is 11.3 Å². The second kappa shape index (κ2) is 5.05. The lowest BCUT2D eigenvalue weighted by molar-refractivity contribution is 0.199. The van der Waals surface area contributed by atoms with E-state index in [4.69, 9.17) is 4.74 Å². The normalized spacial score (nSPS) is 18.1. The maximum Gasteiger partial charge on any atom is 0.118 e. The number of ether oxygens (including phenoxy) is 1. The summed E-state index contributed by atoms with van der Waals surface area (Å²) in [6.45, 7) is 1.20. The van der Waals surface area contributed by atoms with Crippen LogP contribution in [-0.4, -0.2) is 28.4 Å². The molecular formula is C15H18N2O2. The standard InChI is InChI=1S/C15H18N2O2/c1-19-13-4-2-12(3-5-13)14-9-17-7-6-11(10-18)8-15(17)16-14/h2-5,9,11,18H,6-8,10H2,1H3. The van der Waals surface area contributed by atoms with Gasteiger partial charge in [0.2, 0.25) is 0 Å². The Kier molecular flexibility index (Phi) is 3.25.